The van der Waals surface area contributed by atoms with Gasteiger partial charge in [0.25, 0.3) is 0 Å². The minimum absolute atomic E-state index is 0.217. The molecule has 23 heavy (non-hydrogen) atoms. The van der Waals surface area contributed by atoms with Gasteiger partial charge in [-0.3, -0.25) is 4.79 Å². The molecule has 2 rings (SSSR count). The summed E-state index contributed by atoms with van der Waals surface area (Å²) in [6, 6.07) is 7.19. The molecular weight excluding hydrogens is 309 g/mol. The van der Waals surface area contributed by atoms with Crippen LogP contribution in [0.15, 0.2) is 24.3 Å². The monoisotopic (exact) mass is 328 g/mol. The van der Waals surface area contributed by atoms with Gasteiger partial charge in [0.15, 0.2) is 0 Å². The third-order valence-electron chi connectivity index (χ3n) is 3.26. The van der Waals surface area contributed by atoms with Crippen LogP contribution in [0.3, 0.4) is 0 Å². The molecule has 0 aliphatic rings. The van der Waals surface area contributed by atoms with Crippen molar-refractivity contribution in [2.45, 2.75) is 32.5 Å². The van der Waals surface area contributed by atoms with Crippen molar-refractivity contribution in [3.8, 4) is 0 Å². The van der Waals surface area contributed by atoms with Crippen molar-refractivity contribution in [1.29, 1.82) is 0 Å². The molecule has 8 heteroatoms. The van der Waals surface area contributed by atoms with Crippen molar-refractivity contribution in [3.05, 3.63) is 24.3 Å². The molecule has 0 atom stereocenters. The van der Waals surface area contributed by atoms with E-state index in [4.69, 9.17) is 0 Å². The Hall–Kier alpha value is -2.25. The van der Waals surface area contributed by atoms with Gasteiger partial charge < -0.3 is 15.2 Å². The number of anilines is 1. The molecule has 0 fully saturated rings. The lowest BCUT2D eigenvalue weighted by Gasteiger charge is -2.12. The summed E-state index contributed by atoms with van der Waals surface area (Å²) in [5, 5.41) is 5.01. The summed E-state index contributed by atoms with van der Waals surface area (Å²) in [4.78, 5) is 16.2. The lowest BCUT2D eigenvalue weighted by Crippen LogP contribution is -2.36. The number of amides is 1. The predicted molar refractivity (Wildman–Crippen MR) is 82.2 cm³/mol. The minimum Gasteiger partial charge on any atom is -0.356 e. The molecule has 0 aliphatic heterocycles. The number of unbranched alkanes of at least 4 members (excludes halogenated alkanes) is 1. The number of fused-ring (bicyclic) bond motifs is 1. The average Bonchev–Trinajstić information content (AvgIpc) is 2.83. The average molecular weight is 328 g/mol. The molecule has 1 heterocycles. The van der Waals surface area contributed by atoms with Crippen molar-refractivity contribution in [2.75, 3.05) is 18.4 Å². The number of alkyl halides is 3. The van der Waals surface area contributed by atoms with Crippen LogP contribution < -0.4 is 10.6 Å². The van der Waals surface area contributed by atoms with Gasteiger partial charge in [-0.2, -0.15) is 13.2 Å². The number of nitrogens with zero attached hydrogens (tertiary/aromatic N) is 2. The van der Waals surface area contributed by atoms with E-state index < -0.39 is 18.6 Å². The van der Waals surface area contributed by atoms with Crippen LogP contribution in [0.4, 0.5) is 19.1 Å². The lowest BCUT2D eigenvalue weighted by atomic mass is 10.3. The normalized spacial score (nSPS) is 11.7. The summed E-state index contributed by atoms with van der Waals surface area (Å²) >= 11 is 0. The van der Waals surface area contributed by atoms with Gasteiger partial charge in [-0.15, -0.1) is 0 Å². The van der Waals surface area contributed by atoms with E-state index >= 15 is 0 Å². The lowest BCUT2D eigenvalue weighted by molar-refractivity contribution is -0.138. The van der Waals surface area contributed by atoms with Gasteiger partial charge in [0.05, 0.1) is 11.0 Å². The van der Waals surface area contributed by atoms with Crippen molar-refractivity contribution < 1.29 is 18.0 Å². The maximum atomic E-state index is 12.2. The molecule has 0 saturated carbocycles. The molecule has 2 N–H and O–H groups in total. The summed E-state index contributed by atoms with van der Waals surface area (Å²) < 4.78 is 38.2. The van der Waals surface area contributed by atoms with Crippen LogP contribution in [0.1, 0.15) is 19.8 Å². The molecule has 0 radical (unpaired) electrons. The predicted octanol–water partition coefficient (Wildman–Crippen LogP) is 2.93. The Balaban J connectivity index is 2.16. The molecule has 1 aromatic carbocycles. The fourth-order valence-corrected chi connectivity index (χ4v) is 2.15. The molecule has 126 valence electrons. The molecule has 0 saturated heterocycles. The van der Waals surface area contributed by atoms with Crippen LogP contribution in [-0.2, 0) is 11.3 Å². The topological polar surface area (TPSA) is 59.0 Å². The van der Waals surface area contributed by atoms with Crippen LogP contribution in [0.25, 0.3) is 11.0 Å². The molecule has 1 amide bonds. The van der Waals surface area contributed by atoms with Gasteiger partial charge in [0, 0.05) is 6.54 Å². The highest BCUT2D eigenvalue weighted by Gasteiger charge is 2.27. The summed E-state index contributed by atoms with van der Waals surface area (Å²) in [6.45, 7) is 1.18. The fourth-order valence-electron chi connectivity index (χ4n) is 2.15. The zero-order valence-electron chi connectivity index (χ0n) is 12.8. The molecule has 0 spiro atoms. The van der Waals surface area contributed by atoms with Gasteiger partial charge in [0.2, 0.25) is 11.9 Å². The number of nitrogens with one attached hydrogen (secondary N) is 2. The van der Waals surface area contributed by atoms with Crippen LogP contribution in [-0.4, -0.2) is 34.7 Å². The Morgan fingerprint density at radius 1 is 1.30 bits per heavy atom. The van der Waals surface area contributed by atoms with E-state index in [0.717, 1.165) is 12.8 Å². The van der Waals surface area contributed by atoms with Crippen LogP contribution >= 0.6 is 0 Å². The number of carbonyl (C=O) groups excluding carboxylic acids is 1. The second-order valence-electron chi connectivity index (χ2n) is 5.18. The zero-order chi connectivity index (χ0) is 16.9. The second-order valence-corrected chi connectivity index (χ2v) is 5.18. The Morgan fingerprint density at radius 2 is 2.04 bits per heavy atom. The first-order valence-corrected chi connectivity index (χ1v) is 7.43. The van der Waals surface area contributed by atoms with Gasteiger partial charge in [0.1, 0.15) is 13.1 Å². The Kier molecular flexibility index (Phi) is 5.46. The van der Waals surface area contributed by atoms with Crippen LogP contribution in [0.2, 0.25) is 0 Å². The fraction of sp³-hybridized carbons (Fsp3) is 0.467. The maximum Gasteiger partial charge on any atom is 0.405 e. The van der Waals surface area contributed by atoms with E-state index in [1.807, 2.05) is 11.4 Å². The first-order valence-electron chi connectivity index (χ1n) is 7.43. The first kappa shape index (κ1) is 17.1. The summed E-state index contributed by atoms with van der Waals surface area (Å²) in [6.07, 6.45) is -2.49. The SMILES string of the molecule is CCCCNc1nc2ccccc2n1CC(=O)NCC(F)(F)F. The molecule has 0 unspecified atom stereocenters. The number of halogens is 3. The van der Waals surface area contributed by atoms with Crippen LogP contribution in [0, 0.1) is 0 Å². The van der Waals surface area contributed by atoms with Crippen molar-refractivity contribution >= 4 is 22.9 Å². The molecular formula is C15H19F3N4O. The quantitative estimate of drug-likeness (QED) is 0.768. The third kappa shape index (κ3) is 4.87. The van der Waals surface area contributed by atoms with Gasteiger partial charge in [-0.25, -0.2) is 4.98 Å². The number of rotatable bonds is 7. The molecule has 2 aromatic rings. The highest BCUT2D eigenvalue weighted by atomic mass is 19.4. The van der Waals surface area contributed by atoms with E-state index in [1.165, 1.54) is 0 Å². The van der Waals surface area contributed by atoms with E-state index in [9.17, 15) is 18.0 Å². The van der Waals surface area contributed by atoms with Crippen LogP contribution in [0.5, 0.6) is 0 Å². The zero-order valence-corrected chi connectivity index (χ0v) is 12.8. The van der Waals surface area contributed by atoms with E-state index in [2.05, 4.69) is 17.2 Å². The Bertz CT molecular complexity index is 666. The Labute approximate surface area is 131 Å². The highest BCUT2D eigenvalue weighted by Crippen LogP contribution is 2.19. The first-order chi connectivity index (χ1) is 10.9. The maximum absolute atomic E-state index is 12.2. The molecule has 0 bridgehead atoms. The third-order valence-corrected chi connectivity index (χ3v) is 3.26. The number of hydrogen-bond acceptors (Lipinski definition) is 3. The van der Waals surface area contributed by atoms with E-state index in [-0.39, 0.29) is 6.54 Å². The molecule has 1 aromatic heterocycles. The Morgan fingerprint density at radius 3 is 2.74 bits per heavy atom. The summed E-state index contributed by atoms with van der Waals surface area (Å²) in [5.74, 6) is -0.217. The number of para-hydroxylation sites is 2. The number of aromatic nitrogens is 2. The number of imidazole rings is 1. The minimum atomic E-state index is -4.42. The van der Waals surface area contributed by atoms with Gasteiger partial charge >= 0.3 is 6.18 Å². The molecule has 5 nitrogen and oxygen atoms in total. The molecule has 0 aliphatic carbocycles. The largest absolute Gasteiger partial charge is 0.405 e. The van der Waals surface area contributed by atoms with Gasteiger partial charge in [-0.05, 0) is 18.6 Å². The summed E-state index contributed by atoms with van der Waals surface area (Å²) in [7, 11) is 0. The highest BCUT2D eigenvalue weighted by molar-refractivity contribution is 5.83. The van der Waals surface area contributed by atoms with Crippen molar-refractivity contribution in [3.63, 3.8) is 0 Å². The van der Waals surface area contributed by atoms with Gasteiger partial charge in [-0.1, -0.05) is 25.5 Å². The summed E-state index contributed by atoms with van der Waals surface area (Å²) in [5.41, 5.74) is 1.39. The smallest absolute Gasteiger partial charge is 0.356 e. The van der Waals surface area contributed by atoms with Crippen molar-refractivity contribution in [1.82, 2.24) is 14.9 Å². The number of carbonyl (C=O) groups is 1. The van der Waals surface area contributed by atoms with E-state index in [0.29, 0.717) is 23.5 Å². The number of benzene rings is 1. The second kappa shape index (κ2) is 7.34. The standard InChI is InChI=1S/C15H19F3N4O/c1-2-3-8-19-14-21-11-6-4-5-7-12(11)22(14)9-13(23)20-10-15(16,17)18/h4-7H,2-3,8-10H2,1H3,(H,19,21)(H,20,23). The van der Waals surface area contributed by atoms with E-state index in [1.54, 1.807) is 22.8 Å². The number of hydrogen-bond donors (Lipinski definition) is 2. The van der Waals surface area contributed by atoms with Crippen molar-refractivity contribution in [2.24, 2.45) is 0 Å².